The molecular formula is C20H22FNO2. The number of benzene rings is 2. The summed E-state index contributed by atoms with van der Waals surface area (Å²) in [6.07, 6.45) is 6.42. The van der Waals surface area contributed by atoms with Crippen molar-refractivity contribution in [2.24, 2.45) is 0 Å². The van der Waals surface area contributed by atoms with Crippen LogP contribution in [-0.4, -0.2) is 13.0 Å². The van der Waals surface area contributed by atoms with Gasteiger partial charge in [0.2, 0.25) is 0 Å². The van der Waals surface area contributed by atoms with Gasteiger partial charge in [-0.15, -0.1) is 0 Å². The number of hydrogen-bond acceptors (Lipinski definition) is 2. The Morgan fingerprint density at radius 2 is 1.79 bits per heavy atom. The molecule has 0 radical (unpaired) electrons. The molecular weight excluding hydrogens is 305 g/mol. The highest BCUT2D eigenvalue weighted by atomic mass is 19.1. The molecule has 0 spiro atoms. The van der Waals surface area contributed by atoms with Gasteiger partial charge in [0.05, 0.1) is 0 Å². The second-order valence-electron chi connectivity index (χ2n) is 6.23. The van der Waals surface area contributed by atoms with Crippen molar-refractivity contribution in [1.82, 2.24) is 5.32 Å². The fourth-order valence-electron chi connectivity index (χ4n) is 3.24. The first-order valence-corrected chi connectivity index (χ1v) is 8.47. The van der Waals surface area contributed by atoms with Crippen molar-refractivity contribution in [3.8, 4) is 11.5 Å². The van der Waals surface area contributed by atoms with Crippen molar-refractivity contribution in [2.45, 2.75) is 38.0 Å². The Kier molecular flexibility index (Phi) is 5.14. The topological polar surface area (TPSA) is 38.3 Å². The number of ether oxygens (including phenoxy) is 1. The lowest BCUT2D eigenvalue weighted by Crippen LogP contribution is -2.17. The fraction of sp³-hybridized carbons (Fsp3) is 0.350. The van der Waals surface area contributed by atoms with Gasteiger partial charge in [0.1, 0.15) is 5.75 Å². The molecule has 0 bridgehead atoms. The molecule has 1 fully saturated rings. The van der Waals surface area contributed by atoms with Crippen LogP contribution in [0.1, 0.15) is 53.9 Å². The normalized spacial score (nSPS) is 15.1. The Morgan fingerprint density at radius 3 is 2.42 bits per heavy atom. The SMILES string of the molecule is CNC(=O)c1ccc(Oc2ccc(C3CCCCC3)cc2)c(F)c1. The molecule has 1 saturated carbocycles. The molecule has 24 heavy (non-hydrogen) atoms. The predicted molar refractivity (Wildman–Crippen MR) is 92.1 cm³/mol. The van der Waals surface area contributed by atoms with Crippen LogP contribution in [-0.2, 0) is 0 Å². The molecule has 3 rings (SSSR count). The van der Waals surface area contributed by atoms with Gasteiger partial charge in [0.25, 0.3) is 5.91 Å². The average Bonchev–Trinajstić information content (AvgIpc) is 2.64. The first-order valence-electron chi connectivity index (χ1n) is 8.47. The maximum Gasteiger partial charge on any atom is 0.251 e. The monoisotopic (exact) mass is 327 g/mol. The van der Waals surface area contributed by atoms with Crippen LogP contribution in [0.25, 0.3) is 0 Å². The van der Waals surface area contributed by atoms with Gasteiger partial charge in [-0.3, -0.25) is 4.79 Å². The van der Waals surface area contributed by atoms with E-state index >= 15 is 0 Å². The first kappa shape index (κ1) is 16.5. The van der Waals surface area contributed by atoms with E-state index in [2.05, 4.69) is 17.4 Å². The van der Waals surface area contributed by atoms with Gasteiger partial charge >= 0.3 is 0 Å². The van der Waals surface area contributed by atoms with Crippen LogP contribution in [0.4, 0.5) is 4.39 Å². The summed E-state index contributed by atoms with van der Waals surface area (Å²) < 4.78 is 19.7. The number of rotatable bonds is 4. The van der Waals surface area contributed by atoms with Crippen molar-refractivity contribution < 1.29 is 13.9 Å². The highest BCUT2D eigenvalue weighted by Crippen LogP contribution is 2.34. The number of nitrogens with one attached hydrogen (secondary N) is 1. The first-order chi connectivity index (χ1) is 11.7. The molecule has 2 aromatic rings. The maximum atomic E-state index is 14.1. The van der Waals surface area contributed by atoms with Gasteiger partial charge in [-0.1, -0.05) is 31.4 Å². The summed E-state index contributed by atoms with van der Waals surface area (Å²) in [6, 6.07) is 12.1. The van der Waals surface area contributed by atoms with Gasteiger partial charge in [0.15, 0.2) is 11.6 Å². The zero-order chi connectivity index (χ0) is 16.9. The second kappa shape index (κ2) is 7.47. The van der Waals surface area contributed by atoms with Gasteiger partial charge in [-0.25, -0.2) is 4.39 Å². The summed E-state index contributed by atoms with van der Waals surface area (Å²) in [5.74, 6) is 0.482. The summed E-state index contributed by atoms with van der Waals surface area (Å²) in [5.41, 5.74) is 1.60. The van der Waals surface area contributed by atoms with E-state index in [-0.39, 0.29) is 17.2 Å². The number of hydrogen-bond donors (Lipinski definition) is 1. The maximum absolute atomic E-state index is 14.1. The Morgan fingerprint density at radius 1 is 1.08 bits per heavy atom. The van der Waals surface area contributed by atoms with E-state index < -0.39 is 5.82 Å². The summed E-state index contributed by atoms with van der Waals surface area (Å²) >= 11 is 0. The largest absolute Gasteiger partial charge is 0.454 e. The standard InChI is InChI=1S/C20H22FNO2/c1-22-20(23)16-9-12-19(18(21)13-16)24-17-10-7-15(8-11-17)14-5-3-2-4-6-14/h7-14H,2-6H2,1H3,(H,22,23). The molecule has 0 aromatic heterocycles. The van der Waals surface area contributed by atoms with Crippen LogP contribution in [0.2, 0.25) is 0 Å². The Bertz CT molecular complexity index is 706. The number of carbonyl (C=O) groups is 1. The van der Waals surface area contributed by atoms with Crippen molar-refractivity contribution in [1.29, 1.82) is 0 Å². The lowest BCUT2D eigenvalue weighted by atomic mass is 9.84. The molecule has 0 aliphatic heterocycles. The molecule has 0 saturated heterocycles. The Balaban J connectivity index is 1.70. The molecule has 0 unspecified atom stereocenters. The number of carbonyl (C=O) groups excluding carboxylic acids is 1. The number of halogens is 1. The van der Waals surface area contributed by atoms with E-state index in [9.17, 15) is 9.18 Å². The van der Waals surface area contributed by atoms with Crippen molar-refractivity contribution >= 4 is 5.91 Å². The lowest BCUT2D eigenvalue weighted by molar-refractivity contribution is 0.0962. The van der Waals surface area contributed by atoms with Gasteiger partial charge < -0.3 is 10.1 Å². The molecule has 1 aliphatic rings. The Hall–Kier alpha value is -2.36. The summed E-state index contributed by atoms with van der Waals surface area (Å²) in [7, 11) is 1.51. The van der Waals surface area contributed by atoms with Crippen LogP contribution in [0, 0.1) is 5.82 Å². The molecule has 2 aromatic carbocycles. The van der Waals surface area contributed by atoms with Gasteiger partial charge in [-0.2, -0.15) is 0 Å². The zero-order valence-electron chi connectivity index (χ0n) is 13.8. The lowest BCUT2D eigenvalue weighted by Gasteiger charge is -2.22. The molecule has 0 heterocycles. The minimum Gasteiger partial charge on any atom is -0.454 e. The molecule has 1 amide bonds. The smallest absolute Gasteiger partial charge is 0.251 e. The van der Waals surface area contributed by atoms with Crippen LogP contribution in [0.15, 0.2) is 42.5 Å². The molecule has 126 valence electrons. The summed E-state index contributed by atoms with van der Waals surface area (Å²) in [6.45, 7) is 0. The van der Waals surface area contributed by atoms with Crippen LogP contribution in [0.5, 0.6) is 11.5 Å². The quantitative estimate of drug-likeness (QED) is 0.856. The molecule has 1 aliphatic carbocycles. The van der Waals surface area contributed by atoms with Crippen molar-refractivity contribution in [3.05, 3.63) is 59.4 Å². The van der Waals surface area contributed by atoms with Crippen LogP contribution in [0.3, 0.4) is 0 Å². The fourth-order valence-corrected chi connectivity index (χ4v) is 3.24. The summed E-state index contributed by atoms with van der Waals surface area (Å²) in [5, 5.41) is 2.47. The Labute approximate surface area is 141 Å². The third kappa shape index (κ3) is 3.75. The predicted octanol–water partition coefficient (Wildman–Crippen LogP) is 5.03. The van der Waals surface area contributed by atoms with E-state index in [1.165, 1.54) is 56.8 Å². The minimum atomic E-state index is -0.549. The highest BCUT2D eigenvalue weighted by Gasteiger charge is 2.15. The van der Waals surface area contributed by atoms with E-state index in [0.717, 1.165) is 0 Å². The second-order valence-corrected chi connectivity index (χ2v) is 6.23. The molecule has 4 heteroatoms. The average molecular weight is 327 g/mol. The molecule has 3 nitrogen and oxygen atoms in total. The summed E-state index contributed by atoms with van der Waals surface area (Å²) in [4.78, 5) is 11.5. The third-order valence-corrected chi connectivity index (χ3v) is 4.61. The van der Waals surface area contributed by atoms with E-state index in [1.54, 1.807) is 6.07 Å². The van der Waals surface area contributed by atoms with E-state index in [0.29, 0.717) is 11.7 Å². The third-order valence-electron chi connectivity index (χ3n) is 4.61. The number of amides is 1. The molecule has 1 N–H and O–H groups in total. The van der Waals surface area contributed by atoms with Crippen LogP contribution < -0.4 is 10.1 Å². The van der Waals surface area contributed by atoms with E-state index in [1.807, 2.05) is 12.1 Å². The highest BCUT2D eigenvalue weighted by molar-refractivity contribution is 5.94. The van der Waals surface area contributed by atoms with E-state index in [4.69, 9.17) is 4.74 Å². The van der Waals surface area contributed by atoms with Crippen molar-refractivity contribution in [2.75, 3.05) is 7.05 Å². The van der Waals surface area contributed by atoms with Crippen molar-refractivity contribution in [3.63, 3.8) is 0 Å². The van der Waals surface area contributed by atoms with Gasteiger partial charge in [-0.05, 0) is 54.7 Å². The minimum absolute atomic E-state index is 0.119. The van der Waals surface area contributed by atoms with Gasteiger partial charge in [0, 0.05) is 12.6 Å². The van der Waals surface area contributed by atoms with Crippen LogP contribution >= 0.6 is 0 Å². The zero-order valence-corrected chi connectivity index (χ0v) is 13.8. The molecule has 0 atom stereocenters.